The van der Waals surface area contributed by atoms with E-state index in [2.05, 4.69) is 5.32 Å². The van der Waals surface area contributed by atoms with Crippen LogP contribution >= 0.6 is 0 Å². The molecule has 5 nitrogen and oxygen atoms in total. The summed E-state index contributed by atoms with van der Waals surface area (Å²) in [5.74, 6) is 1.83. The van der Waals surface area contributed by atoms with Crippen molar-refractivity contribution in [2.45, 2.75) is 44.7 Å². The van der Waals surface area contributed by atoms with E-state index < -0.39 is 0 Å². The van der Waals surface area contributed by atoms with E-state index in [0.717, 1.165) is 36.3 Å². The first-order chi connectivity index (χ1) is 10.5. The van der Waals surface area contributed by atoms with Crippen molar-refractivity contribution in [3.05, 3.63) is 23.8 Å². The summed E-state index contributed by atoms with van der Waals surface area (Å²) in [4.78, 5) is 12.2. The van der Waals surface area contributed by atoms with Crippen LogP contribution in [0.5, 0.6) is 11.5 Å². The molecule has 2 rings (SSSR count). The van der Waals surface area contributed by atoms with Crippen LogP contribution in [0, 0.1) is 5.92 Å². The first kappa shape index (κ1) is 16.6. The van der Waals surface area contributed by atoms with E-state index in [9.17, 15) is 4.79 Å². The van der Waals surface area contributed by atoms with Gasteiger partial charge in [-0.3, -0.25) is 4.79 Å². The van der Waals surface area contributed by atoms with Crippen molar-refractivity contribution < 1.29 is 14.3 Å². The first-order valence-corrected chi connectivity index (χ1v) is 7.82. The fourth-order valence-corrected chi connectivity index (χ4v) is 3.11. The SMILES string of the molecule is COc1ccc(OC)c(C(C)NC(=O)C[C@@H]2CCC[C@H]2N)c1. The van der Waals surface area contributed by atoms with Gasteiger partial charge in [-0.2, -0.15) is 0 Å². The molecule has 0 spiro atoms. The van der Waals surface area contributed by atoms with E-state index in [-0.39, 0.29) is 18.0 Å². The number of hydrogen-bond acceptors (Lipinski definition) is 4. The molecule has 1 unspecified atom stereocenters. The van der Waals surface area contributed by atoms with Crippen molar-refractivity contribution in [1.29, 1.82) is 0 Å². The molecule has 0 aliphatic heterocycles. The standard InChI is InChI=1S/C17H26N2O3/c1-11(14-10-13(21-2)7-8-16(14)22-3)19-17(20)9-12-5-4-6-15(12)18/h7-8,10-12,15H,4-6,9,18H2,1-3H3,(H,19,20)/t11?,12-,15+/m0/s1. The molecule has 0 bridgehead atoms. The predicted molar refractivity (Wildman–Crippen MR) is 86.0 cm³/mol. The van der Waals surface area contributed by atoms with E-state index in [4.69, 9.17) is 15.2 Å². The van der Waals surface area contributed by atoms with Gasteiger partial charge in [0.15, 0.2) is 0 Å². The van der Waals surface area contributed by atoms with Gasteiger partial charge in [0, 0.05) is 18.0 Å². The minimum atomic E-state index is -0.143. The maximum atomic E-state index is 12.2. The predicted octanol–water partition coefficient (Wildman–Crippen LogP) is 2.40. The molecule has 22 heavy (non-hydrogen) atoms. The molecule has 1 aromatic carbocycles. The summed E-state index contributed by atoms with van der Waals surface area (Å²) in [5, 5.41) is 3.04. The lowest BCUT2D eigenvalue weighted by Gasteiger charge is -2.20. The third-order valence-electron chi connectivity index (χ3n) is 4.45. The maximum Gasteiger partial charge on any atom is 0.220 e. The Morgan fingerprint density at radius 2 is 2.14 bits per heavy atom. The number of carbonyl (C=O) groups is 1. The zero-order valence-electron chi connectivity index (χ0n) is 13.6. The van der Waals surface area contributed by atoms with Gasteiger partial charge in [0.1, 0.15) is 11.5 Å². The van der Waals surface area contributed by atoms with Crippen molar-refractivity contribution in [1.82, 2.24) is 5.32 Å². The Kier molecular flexibility index (Phi) is 5.66. The summed E-state index contributed by atoms with van der Waals surface area (Å²) in [5.41, 5.74) is 6.94. The number of ether oxygens (including phenoxy) is 2. The van der Waals surface area contributed by atoms with Crippen LogP contribution < -0.4 is 20.5 Å². The molecule has 1 aromatic rings. The molecule has 0 radical (unpaired) electrons. The van der Waals surface area contributed by atoms with Gasteiger partial charge >= 0.3 is 0 Å². The number of methoxy groups -OCH3 is 2. The quantitative estimate of drug-likeness (QED) is 0.846. The molecule has 0 saturated heterocycles. The Morgan fingerprint density at radius 1 is 1.36 bits per heavy atom. The van der Waals surface area contributed by atoms with Crippen LogP contribution in [0.3, 0.4) is 0 Å². The summed E-state index contributed by atoms with van der Waals surface area (Å²) in [6.07, 6.45) is 3.69. The van der Waals surface area contributed by atoms with Gasteiger partial charge in [0.25, 0.3) is 0 Å². The lowest BCUT2D eigenvalue weighted by molar-refractivity contribution is -0.122. The second kappa shape index (κ2) is 7.49. The smallest absolute Gasteiger partial charge is 0.220 e. The van der Waals surface area contributed by atoms with Gasteiger partial charge in [-0.05, 0) is 43.9 Å². The van der Waals surface area contributed by atoms with Crippen LogP contribution in [0.2, 0.25) is 0 Å². The second-order valence-electron chi connectivity index (χ2n) is 5.96. The molecule has 0 aromatic heterocycles. The fourth-order valence-electron chi connectivity index (χ4n) is 3.11. The highest BCUT2D eigenvalue weighted by Gasteiger charge is 2.26. The van der Waals surface area contributed by atoms with Crippen molar-refractivity contribution in [2.24, 2.45) is 11.7 Å². The van der Waals surface area contributed by atoms with Gasteiger partial charge in [0.05, 0.1) is 20.3 Å². The van der Waals surface area contributed by atoms with Gasteiger partial charge in [-0.25, -0.2) is 0 Å². The van der Waals surface area contributed by atoms with Crippen LogP contribution in [-0.2, 0) is 4.79 Å². The largest absolute Gasteiger partial charge is 0.497 e. The summed E-state index contributed by atoms with van der Waals surface area (Å²) in [7, 11) is 3.24. The van der Waals surface area contributed by atoms with Crippen molar-refractivity contribution >= 4 is 5.91 Å². The summed E-state index contributed by atoms with van der Waals surface area (Å²) in [6, 6.07) is 5.60. The number of amides is 1. The van der Waals surface area contributed by atoms with Gasteiger partial charge < -0.3 is 20.5 Å². The molecule has 3 atom stereocenters. The van der Waals surface area contributed by atoms with E-state index >= 15 is 0 Å². The molecular weight excluding hydrogens is 280 g/mol. The van der Waals surface area contributed by atoms with Gasteiger partial charge in [-0.1, -0.05) is 6.42 Å². The molecule has 1 fully saturated rings. The van der Waals surface area contributed by atoms with Crippen LogP contribution in [-0.4, -0.2) is 26.2 Å². The van der Waals surface area contributed by atoms with Crippen molar-refractivity contribution in [3.63, 3.8) is 0 Å². The third-order valence-corrected chi connectivity index (χ3v) is 4.45. The van der Waals surface area contributed by atoms with Crippen molar-refractivity contribution in [3.8, 4) is 11.5 Å². The fraction of sp³-hybridized carbons (Fsp3) is 0.588. The average Bonchev–Trinajstić information content (AvgIpc) is 2.91. The molecule has 122 valence electrons. The minimum Gasteiger partial charge on any atom is -0.497 e. The van der Waals surface area contributed by atoms with E-state index in [0.29, 0.717) is 12.3 Å². The Labute approximate surface area is 132 Å². The molecule has 1 saturated carbocycles. The number of nitrogens with two attached hydrogens (primary N) is 1. The van der Waals surface area contributed by atoms with E-state index in [1.165, 1.54) is 0 Å². The lowest BCUT2D eigenvalue weighted by Crippen LogP contribution is -2.33. The van der Waals surface area contributed by atoms with Crippen LogP contribution in [0.1, 0.15) is 44.2 Å². The number of benzene rings is 1. The molecule has 1 aliphatic rings. The minimum absolute atomic E-state index is 0.0414. The number of nitrogens with one attached hydrogen (secondary N) is 1. The third kappa shape index (κ3) is 3.91. The van der Waals surface area contributed by atoms with Crippen LogP contribution in [0.4, 0.5) is 0 Å². The maximum absolute atomic E-state index is 12.2. The zero-order chi connectivity index (χ0) is 16.1. The van der Waals surface area contributed by atoms with E-state index in [1.807, 2.05) is 25.1 Å². The molecular formula is C17H26N2O3. The van der Waals surface area contributed by atoms with E-state index in [1.54, 1.807) is 14.2 Å². The number of carbonyl (C=O) groups excluding carboxylic acids is 1. The van der Waals surface area contributed by atoms with Gasteiger partial charge in [0.2, 0.25) is 5.91 Å². The molecule has 5 heteroatoms. The Bertz CT molecular complexity index is 519. The van der Waals surface area contributed by atoms with Gasteiger partial charge in [-0.15, -0.1) is 0 Å². The second-order valence-corrected chi connectivity index (χ2v) is 5.96. The Morgan fingerprint density at radius 3 is 2.73 bits per heavy atom. The van der Waals surface area contributed by atoms with Crippen LogP contribution in [0.25, 0.3) is 0 Å². The zero-order valence-corrected chi connectivity index (χ0v) is 13.6. The summed E-state index contributed by atoms with van der Waals surface area (Å²) >= 11 is 0. The van der Waals surface area contributed by atoms with Crippen LogP contribution in [0.15, 0.2) is 18.2 Å². The highest BCUT2D eigenvalue weighted by Crippen LogP contribution is 2.30. The summed E-state index contributed by atoms with van der Waals surface area (Å²) in [6.45, 7) is 1.95. The highest BCUT2D eigenvalue weighted by molar-refractivity contribution is 5.77. The first-order valence-electron chi connectivity index (χ1n) is 7.82. The number of hydrogen-bond donors (Lipinski definition) is 2. The van der Waals surface area contributed by atoms with Crippen molar-refractivity contribution in [2.75, 3.05) is 14.2 Å². The normalized spacial score (nSPS) is 22.2. The molecule has 3 N–H and O–H groups in total. The summed E-state index contributed by atoms with van der Waals surface area (Å²) < 4.78 is 10.6. The molecule has 1 amide bonds. The monoisotopic (exact) mass is 306 g/mol. The molecule has 1 aliphatic carbocycles. The highest BCUT2D eigenvalue weighted by atomic mass is 16.5. The Balaban J connectivity index is 2.01. The lowest BCUT2D eigenvalue weighted by atomic mass is 9.99. The topological polar surface area (TPSA) is 73.6 Å². The molecule has 0 heterocycles. The Hall–Kier alpha value is -1.75. The average molecular weight is 306 g/mol. The number of rotatable bonds is 6.